The van der Waals surface area contributed by atoms with Gasteiger partial charge < -0.3 is 5.11 Å². The summed E-state index contributed by atoms with van der Waals surface area (Å²) in [5, 5.41) is 11.2. The smallest absolute Gasteiger partial charge is 0.335 e. The lowest BCUT2D eigenvalue weighted by Gasteiger charge is -2.22. The maximum atomic E-state index is 11.0. The number of rotatable bonds is 2. The van der Waals surface area contributed by atoms with Crippen LogP contribution in [0.3, 0.4) is 0 Å². The van der Waals surface area contributed by atoms with Gasteiger partial charge in [-0.1, -0.05) is 43.5 Å². The number of hydrogen-bond acceptors (Lipinski definition) is 1. The van der Waals surface area contributed by atoms with Gasteiger partial charge in [-0.2, -0.15) is 0 Å². The molecule has 2 nitrogen and oxygen atoms in total. The predicted octanol–water partition coefficient (Wildman–Crippen LogP) is 4.59. The zero-order chi connectivity index (χ0) is 13.2. The summed E-state index contributed by atoms with van der Waals surface area (Å²) in [5.41, 5.74) is 1.77. The van der Waals surface area contributed by atoms with Crippen LogP contribution in [0.1, 0.15) is 53.9 Å². The van der Waals surface area contributed by atoms with Crippen molar-refractivity contribution in [1.82, 2.24) is 0 Å². The average Bonchev–Trinajstić information content (AvgIpc) is 2.47. The van der Waals surface area contributed by atoms with Crippen molar-refractivity contribution in [3.8, 4) is 0 Å². The van der Waals surface area contributed by atoms with Crippen LogP contribution in [0, 0.1) is 0 Å². The summed E-state index contributed by atoms with van der Waals surface area (Å²) < 4.78 is 0. The highest BCUT2D eigenvalue weighted by Gasteiger charge is 2.15. The first-order chi connectivity index (χ1) is 9.24. The summed E-state index contributed by atoms with van der Waals surface area (Å²) in [6.07, 6.45) is 6.62. The zero-order valence-electron chi connectivity index (χ0n) is 10.9. The zero-order valence-corrected chi connectivity index (χ0v) is 10.9. The molecule has 98 valence electrons. The third kappa shape index (κ3) is 2.48. The minimum atomic E-state index is -0.863. The van der Waals surface area contributed by atoms with Crippen molar-refractivity contribution < 1.29 is 9.90 Å². The molecule has 0 radical (unpaired) electrons. The largest absolute Gasteiger partial charge is 0.478 e. The van der Waals surface area contributed by atoms with Gasteiger partial charge in [0.2, 0.25) is 0 Å². The second kappa shape index (κ2) is 5.04. The minimum Gasteiger partial charge on any atom is -0.478 e. The number of carbonyl (C=O) groups is 1. The Balaban J connectivity index is 1.97. The van der Waals surface area contributed by atoms with Crippen molar-refractivity contribution >= 4 is 16.7 Å². The number of carboxylic acids is 1. The number of carboxylic acid groups (broad SMARTS) is 1. The third-order valence-corrected chi connectivity index (χ3v) is 4.19. The fourth-order valence-corrected chi connectivity index (χ4v) is 3.09. The van der Waals surface area contributed by atoms with Crippen molar-refractivity contribution in [2.75, 3.05) is 0 Å². The molecule has 1 N–H and O–H groups in total. The van der Waals surface area contributed by atoms with Gasteiger partial charge in [-0.25, -0.2) is 4.79 Å². The quantitative estimate of drug-likeness (QED) is 0.851. The van der Waals surface area contributed by atoms with Gasteiger partial charge in [-0.3, -0.25) is 0 Å². The van der Waals surface area contributed by atoms with Crippen LogP contribution in [0.5, 0.6) is 0 Å². The molecule has 0 spiro atoms. The summed E-state index contributed by atoms with van der Waals surface area (Å²) in [7, 11) is 0. The molecule has 0 aromatic heterocycles. The van der Waals surface area contributed by atoms with E-state index >= 15 is 0 Å². The Morgan fingerprint density at radius 3 is 2.37 bits per heavy atom. The van der Waals surface area contributed by atoms with Gasteiger partial charge in [-0.05, 0) is 47.2 Å². The van der Waals surface area contributed by atoms with Crippen LogP contribution in [0.25, 0.3) is 10.8 Å². The highest BCUT2D eigenvalue weighted by Crippen LogP contribution is 2.34. The van der Waals surface area contributed by atoms with Gasteiger partial charge >= 0.3 is 5.97 Å². The lowest BCUT2D eigenvalue weighted by molar-refractivity contribution is 0.0697. The van der Waals surface area contributed by atoms with Crippen molar-refractivity contribution in [1.29, 1.82) is 0 Å². The van der Waals surface area contributed by atoms with E-state index in [1.807, 2.05) is 6.07 Å². The Labute approximate surface area is 113 Å². The second-order valence-electron chi connectivity index (χ2n) is 5.46. The van der Waals surface area contributed by atoms with Crippen LogP contribution in [-0.4, -0.2) is 11.1 Å². The topological polar surface area (TPSA) is 37.3 Å². The maximum absolute atomic E-state index is 11.0. The second-order valence-corrected chi connectivity index (χ2v) is 5.46. The Hall–Kier alpha value is -1.83. The molecule has 0 heterocycles. The number of aromatic carboxylic acids is 1. The Bertz CT molecular complexity index is 610. The fraction of sp³-hybridized carbons (Fsp3) is 0.353. The average molecular weight is 254 g/mol. The van der Waals surface area contributed by atoms with Crippen molar-refractivity contribution in [3.63, 3.8) is 0 Å². The van der Waals surface area contributed by atoms with Gasteiger partial charge in [0.15, 0.2) is 0 Å². The van der Waals surface area contributed by atoms with E-state index in [0.717, 1.165) is 10.8 Å². The van der Waals surface area contributed by atoms with E-state index in [9.17, 15) is 4.79 Å². The lowest BCUT2D eigenvalue weighted by atomic mass is 9.83. The van der Waals surface area contributed by atoms with Crippen LogP contribution in [0.2, 0.25) is 0 Å². The van der Waals surface area contributed by atoms with Crippen molar-refractivity contribution in [2.24, 2.45) is 0 Å². The monoisotopic (exact) mass is 254 g/mol. The van der Waals surface area contributed by atoms with Gasteiger partial charge in [-0.15, -0.1) is 0 Å². The molecule has 1 aliphatic carbocycles. The standard InChI is InChI=1S/C17H18O2/c18-17(19)16-9-8-14-10-13(6-7-15(14)11-16)12-4-2-1-3-5-12/h6-12H,1-5H2,(H,18,19). The molecule has 2 aromatic carbocycles. The first kappa shape index (κ1) is 12.2. The maximum Gasteiger partial charge on any atom is 0.335 e. The molecule has 0 bridgehead atoms. The summed E-state index contributed by atoms with van der Waals surface area (Å²) in [6, 6.07) is 11.8. The third-order valence-electron chi connectivity index (χ3n) is 4.19. The van der Waals surface area contributed by atoms with Crippen molar-refractivity contribution in [3.05, 3.63) is 47.5 Å². The van der Waals surface area contributed by atoms with Gasteiger partial charge in [0.25, 0.3) is 0 Å². The number of fused-ring (bicyclic) bond motifs is 1. The molecular formula is C17H18O2. The van der Waals surface area contributed by atoms with Crippen molar-refractivity contribution in [2.45, 2.75) is 38.0 Å². The molecule has 0 atom stereocenters. The predicted molar refractivity (Wildman–Crippen MR) is 76.7 cm³/mol. The first-order valence-electron chi connectivity index (χ1n) is 7.01. The molecule has 2 heteroatoms. The van der Waals surface area contributed by atoms with E-state index in [0.29, 0.717) is 11.5 Å². The van der Waals surface area contributed by atoms with E-state index < -0.39 is 5.97 Å². The molecule has 2 aromatic rings. The van der Waals surface area contributed by atoms with Crippen LogP contribution >= 0.6 is 0 Å². The Morgan fingerprint density at radius 2 is 1.63 bits per heavy atom. The molecular weight excluding hydrogens is 236 g/mol. The van der Waals surface area contributed by atoms with Gasteiger partial charge in [0, 0.05) is 0 Å². The lowest BCUT2D eigenvalue weighted by Crippen LogP contribution is -2.04. The molecule has 1 aliphatic rings. The van der Waals surface area contributed by atoms with E-state index in [-0.39, 0.29) is 0 Å². The Morgan fingerprint density at radius 1 is 0.947 bits per heavy atom. The highest BCUT2D eigenvalue weighted by atomic mass is 16.4. The van der Waals surface area contributed by atoms with Gasteiger partial charge in [0.05, 0.1) is 5.56 Å². The molecule has 0 unspecified atom stereocenters. The summed E-state index contributed by atoms with van der Waals surface area (Å²) in [6.45, 7) is 0. The SMILES string of the molecule is O=C(O)c1ccc2cc(C3CCCCC3)ccc2c1. The molecule has 1 fully saturated rings. The van der Waals surface area contributed by atoms with Crippen LogP contribution in [0.4, 0.5) is 0 Å². The van der Waals surface area contributed by atoms with Crippen LogP contribution in [-0.2, 0) is 0 Å². The summed E-state index contributed by atoms with van der Waals surface area (Å²) in [5.74, 6) is -0.171. The van der Waals surface area contributed by atoms with E-state index in [1.165, 1.54) is 37.7 Å². The normalized spacial score (nSPS) is 16.6. The van der Waals surface area contributed by atoms with Crippen LogP contribution in [0.15, 0.2) is 36.4 Å². The molecule has 0 saturated heterocycles. The highest BCUT2D eigenvalue weighted by molar-refractivity contribution is 5.94. The molecule has 0 aliphatic heterocycles. The summed E-state index contributed by atoms with van der Waals surface area (Å²) >= 11 is 0. The summed E-state index contributed by atoms with van der Waals surface area (Å²) in [4.78, 5) is 11.0. The van der Waals surface area contributed by atoms with Gasteiger partial charge in [0.1, 0.15) is 0 Å². The van der Waals surface area contributed by atoms with E-state index in [2.05, 4.69) is 18.2 Å². The minimum absolute atomic E-state index is 0.359. The number of hydrogen-bond donors (Lipinski definition) is 1. The molecule has 19 heavy (non-hydrogen) atoms. The van der Waals surface area contributed by atoms with E-state index in [1.54, 1.807) is 12.1 Å². The molecule has 3 rings (SSSR count). The molecule has 0 amide bonds. The number of benzene rings is 2. The Kier molecular flexibility index (Phi) is 3.24. The molecule has 1 saturated carbocycles. The van der Waals surface area contributed by atoms with Crippen LogP contribution < -0.4 is 0 Å². The first-order valence-corrected chi connectivity index (χ1v) is 7.01. The van der Waals surface area contributed by atoms with E-state index in [4.69, 9.17) is 5.11 Å². The fourth-order valence-electron chi connectivity index (χ4n) is 3.09.